The Balaban J connectivity index is 1.69. The van der Waals surface area contributed by atoms with E-state index in [4.69, 9.17) is 11.6 Å². The van der Waals surface area contributed by atoms with Gasteiger partial charge in [-0.1, -0.05) is 37.6 Å². The summed E-state index contributed by atoms with van der Waals surface area (Å²) in [4.78, 5) is 14.7. The molecule has 1 aromatic rings. The minimum Gasteiger partial charge on any atom is -0.335 e. The zero-order valence-electron chi connectivity index (χ0n) is 15.0. The lowest BCUT2D eigenvalue weighted by Gasteiger charge is -2.33. The van der Waals surface area contributed by atoms with Gasteiger partial charge < -0.3 is 15.5 Å². The Kier molecular flexibility index (Phi) is 7.38. The van der Waals surface area contributed by atoms with Crippen molar-refractivity contribution in [3.63, 3.8) is 0 Å². The average molecular weight is 352 g/mol. The van der Waals surface area contributed by atoms with Crippen molar-refractivity contribution in [2.75, 3.05) is 19.6 Å². The van der Waals surface area contributed by atoms with Gasteiger partial charge in [0.05, 0.1) is 0 Å². The molecule has 5 heteroatoms. The highest BCUT2D eigenvalue weighted by molar-refractivity contribution is 6.30. The van der Waals surface area contributed by atoms with Crippen molar-refractivity contribution < 1.29 is 4.79 Å². The van der Waals surface area contributed by atoms with Gasteiger partial charge in [0.2, 0.25) is 0 Å². The van der Waals surface area contributed by atoms with Gasteiger partial charge in [-0.3, -0.25) is 0 Å². The average Bonchev–Trinajstić information content (AvgIpc) is 2.48. The molecule has 1 heterocycles. The Morgan fingerprint density at radius 1 is 1.29 bits per heavy atom. The zero-order valence-corrected chi connectivity index (χ0v) is 15.8. The molecule has 1 unspecified atom stereocenters. The number of likely N-dealkylation sites (tertiary alicyclic amines) is 1. The van der Waals surface area contributed by atoms with Crippen LogP contribution in [0.5, 0.6) is 0 Å². The zero-order chi connectivity index (χ0) is 17.5. The first kappa shape index (κ1) is 19.1. The Labute approximate surface area is 150 Å². The first-order chi connectivity index (χ1) is 11.4. The van der Waals surface area contributed by atoms with Gasteiger partial charge in [0.25, 0.3) is 0 Å². The molecule has 24 heavy (non-hydrogen) atoms. The molecule has 0 spiro atoms. The number of piperidine rings is 1. The van der Waals surface area contributed by atoms with Crippen LogP contribution in [0.25, 0.3) is 0 Å². The predicted octanol–water partition coefficient (Wildman–Crippen LogP) is 3.69. The fourth-order valence-electron chi connectivity index (χ4n) is 3.30. The highest BCUT2D eigenvalue weighted by Gasteiger charge is 2.21. The molecule has 0 saturated carbocycles. The van der Waals surface area contributed by atoms with Gasteiger partial charge in [-0.2, -0.15) is 0 Å². The van der Waals surface area contributed by atoms with Crippen LogP contribution in [-0.4, -0.2) is 42.6 Å². The summed E-state index contributed by atoms with van der Waals surface area (Å²) in [6, 6.07) is 8.08. The van der Waals surface area contributed by atoms with Crippen LogP contribution in [0, 0.1) is 5.92 Å². The molecule has 1 saturated heterocycles. The molecule has 0 radical (unpaired) electrons. The van der Waals surface area contributed by atoms with E-state index in [0.29, 0.717) is 5.92 Å². The fourth-order valence-corrected chi connectivity index (χ4v) is 3.51. The third-order valence-corrected chi connectivity index (χ3v) is 4.59. The highest BCUT2D eigenvalue weighted by Crippen LogP contribution is 2.13. The largest absolute Gasteiger partial charge is 0.335 e. The van der Waals surface area contributed by atoms with Gasteiger partial charge in [0.1, 0.15) is 0 Å². The lowest BCUT2D eigenvalue weighted by atomic mass is 10.0. The minimum absolute atomic E-state index is 0.0631. The van der Waals surface area contributed by atoms with Crippen molar-refractivity contribution in [3.8, 4) is 0 Å². The van der Waals surface area contributed by atoms with Crippen LogP contribution in [0.2, 0.25) is 5.02 Å². The molecule has 0 aromatic heterocycles. The molecular weight excluding hydrogens is 322 g/mol. The summed E-state index contributed by atoms with van der Waals surface area (Å²) in [6.45, 7) is 9.81. The summed E-state index contributed by atoms with van der Waals surface area (Å²) >= 11 is 6.00. The second kappa shape index (κ2) is 9.28. The molecule has 1 atom stereocenters. The molecule has 2 N–H and O–H groups in total. The predicted molar refractivity (Wildman–Crippen MR) is 101 cm³/mol. The second-order valence-electron chi connectivity index (χ2n) is 7.32. The molecule has 1 aliphatic rings. The van der Waals surface area contributed by atoms with E-state index < -0.39 is 0 Å². The standard InChI is InChI=1S/C19H30ClN3O/c1-14(2)13-23-9-7-18(8-10-23)22-19(24)21-15(3)11-16-5-4-6-17(20)12-16/h4-6,12,14-15,18H,7-11,13H2,1-3H3,(H2,21,22,24). The number of rotatable bonds is 6. The second-order valence-corrected chi connectivity index (χ2v) is 7.76. The summed E-state index contributed by atoms with van der Waals surface area (Å²) in [6.07, 6.45) is 2.84. The normalized spacial score (nSPS) is 17.7. The van der Waals surface area contributed by atoms with Crippen LogP contribution < -0.4 is 10.6 Å². The maximum atomic E-state index is 12.2. The van der Waals surface area contributed by atoms with E-state index in [0.717, 1.165) is 49.5 Å². The Morgan fingerprint density at radius 3 is 2.62 bits per heavy atom. The van der Waals surface area contributed by atoms with Crippen LogP contribution in [-0.2, 0) is 6.42 Å². The molecule has 1 aromatic carbocycles. The van der Waals surface area contributed by atoms with Gasteiger partial charge in [-0.15, -0.1) is 0 Å². The Hall–Kier alpha value is -1.26. The quantitative estimate of drug-likeness (QED) is 0.820. The third-order valence-electron chi connectivity index (χ3n) is 4.35. The molecule has 1 aliphatic heterocycles. The van der Waals surface area contributed by atoms with Crippen molar-refractivity contribution in [2.45, 2.75) is 52.1 Å². The van der Waals surface area contributed by atoms with E-state index in [-0.39, 0.29) is 18.1 Å². The van der Waals surface area contributed by atoms with Crippen LogP contribution in [0.3, 0.4) is 0 Å². The fraction of sp³-hybridized carbons (Fsp3) is 0.632. The first-order valence-electron chi connectivity index (χ1n) is 8.96. The number of benzene rings is 1. The SMILES string of the molecule is CC(C)CN1CCC(NC(=O)NC(C)Cc2cccc(Cl)c2)CC1. The number of halogens is 1. The monoisotopic (exact) mass is 351 g/mol. The smallest absolute Gasteiger partial charge is 0.315 e. The summed E-state index contributed by atoms with van der Waals surface area (Å²) in [5.41, 5.74) is 1.14. The lowest BCUT2D eigenvalue weighted by molar-refractivity contribution is 0.177. The third kappa shape index (κ3) is 6.70. The summed E-state index contributed by atoms with van der Waals surface area (Å²) in [7, 11) is 0. The van der Waals surface area contributed by atoms with Crippen molar-refractivity contribution in [1.82, 2.24) is 15.5 Å². The minimum atomic E-state index is -0.0631. The molecule has 2 rings (SSSR count). The number of hydrogen-bond donors (Lipinski definition) is 2. The molecule has 134 valence electrons. The van der Waals surface area contributed by atoms with Gasteiger partial charge in [-0.05, 0) is 49.8 Å². The van der Waals surface area contributed by atoms with E-state index in [1.807, 2.05) is 31.2 Å². The lowest BCUT2D eigenvalue weighted by Crippen LogP contribution is -2.50. The Morgan fingerprint density at radius 2 is 2.00 bits per heavy atom. The van der Waals surface area contributed by atoms with Gasteiger partial charge in [0.15, 0.2) is 0 Å². The van der Waals surface area contributed by atoms with Gasteiger partial charge >= 0.3 is 6.03 Å². The highest BCUT2D eigenvalue weighted by atomic mass is 35.5. The number of hydrogen-bond acceptors (Lipinski definition) is 2. The van der Waals surface area contributed by atoms with E-state index in [1.54, 1.807) is 0 Å². The number of nitrogens with zero attached hydrogens (tertiary/aromatic N) is 1. The van der Waals surface area contributed by atoms with Crippen LogP contribution >= 0.6 is 11.6 Å². The van der Waals surface area contributed by atoms with Gasteiger partial charge in [-0.25, -0.2) is 4.79 Å². The maximum Gasteiger partial charge on any atom is 0.315 e. The molecule has 2 amide bonds. The van der Waals surface area contributed by atoms with E-state index in [1.165, 1.54) is 0 Å². The van der Waals surface area contributed by atoms with Crippen molar-refractivity contribution in [1.29, 1.82) is 0 Å². The molecule has 4 nitrogen and oxygen atoms in total. The van der Waals surface area contributed by atoms with E-state index >= 15 is 0 Å². The van der Waals surface area contributed by atoms with Crippen molar-refractivity contribution >= 4 is 17.6 Å². The number of carbonyl (C=O) groups is 1. The molecule has 1 fully saturated rings. The topological polar surface area (TPSA) is 44.4 Å². The van der Waals surface area contributed by atoms with Crippen LogP contribution in [0.1, 0.15) is 39.2 Å². The number of urea groups is 1. The molecule has 0 bridgehead atoms. The van der Waals surface area contributed by atoms with Gasteiger partial charge in [0, 0.05) is 36.7 Å². The van der Waals surface area contributed by atoms with E-state index in [2.05, 4.69) is 29.4 Å². The van der Waals surface area contributed by atoms with Crippen molar-refractivity contribution in [2.24, 2.45) is 5.92 Å². The summed E-state index contributed by atoms with van der Waals surface area (Å²) < 4.78 is 0. The number of carbonyl (C=O) groups excluding carboxylic acids is 1. The van der Waals surface area contributed by atoms with Crippen LogP contribution in [0.15, 0.2) is 24.3 Å². The number of amides is 2. The Bertz CT molecular complexity index is 527. The van der Waals surface area contributed by atoms with E-state index in [9.17, 15) is 4.79 Å². The molecular formula is C19H30ClN3O. The summed E-state index contributed by atoms with van der Waals surface area (Å²) in [5, 5.41) is 6.88. The first-order valence-corrected chi connectivity index (χ1v) is 9.34. The molecule has 0 aliphatic carbocycles. The van der Waals surface area contributed by atoms with Crippen molar-refractivity contribution in [3.05, 3.63) is 34.9 Å². The number of nitrogens with one attached hydrogen (secondary N) is 2. The van der Waals surface area contributed by atoms with Crippen LogP contribution in [0.4, 0.5) is 4.79 Å². The maximum absolute atomic E-state index is 12.2. The summed E-state index contributed by atoms with van der Waals surface area (Å²) in [5.74, 6) is 0.699.